The van der Waals surface area contributed by atoms with Crippen molar-refractivity contribution in [3.05, 3.63) is 0 Å². The van der Waals surface area contributed by atoms with Crippen LogP contribution >= 0.6 is 0 Å². The first-order chi connectivity index (χ1) is 7.64. The zero-order valence-corrected chi connectivity index (χ0v) is 11.1. The smallest absolute Gasteiger partial charge is 0.0715 e. The summed E-state index contributed by atoms with van der Waals surface area (Å²) in [6.07, 6.45) is 9.99. The molecule has 1 aliphatic rings. The van der Waals surface area contributed by atoms with Gasteiger partial charge >= 0.3 is 0 Å². The Morgan fingerprint density at radius 3 is 1.94 bits per heavy atom. The Labute approximate surface area is 101 Å². The predicted octanol–water partition coefficient (Wildman–Crippen LogP) is 3.23. The van der Waals surface area contributed by atoms with E-state index in [1.807, 2.05) is 0 Å². The number of nitrogens with two attached hydrogens (primary N) is 1. The van der Waals surface area contributed by atoms with E-state index in [1.54, 1.807) is 0 Å². The average Bonchev–Trinajstić information content (AvgIpc) is 2.30. The average molecular weight is 227 g/mol. The zero-order chi connectivity index (χ0) is 12.1. The van der Waals surface area contributed by atoms with Crippen molar-refractivity contribution < 1.29 is 5.11 Å². The van der Waals surface area contributed by atoms with Crippen LogP contribution in [0.4, 0.5) is 0 Å². The molecule has 0 bridgehead atoms. The lowest BCUT2D eigenvalue weighted by Gasteiger charge is -2.49. The molecule has 1 fully saturated rings. The number of hydrogen-bond acceptors (Lipinski definition) is 2. The van der Waals surface area contributed by atoms with Gasteiger partial charge in [0, 0.05) is 12.0 Å². The minimum Gasteiger partial charge on any atom is -0.389 e. The van der Waals surface area contributed by atoms with Crippen LogP contribution in [0.1, 0.15) is 71.6 Å². The van der Waals surface area contributed by atoms with Crippen molar-refractivity contribution in [2.75, 3.05) is 6.54 Å². The first-order valence-electron chi connectivity index (χ1n) is 7.06. The molecule has 0 saturated heterocycles. The van der Waals surface area contributed by atoms with Gasteiger partial charge in [-0.1, -0.05) is 46.0 Å². The second kappa shape index (κ2) is 6.02. The fourth-order valence-corrected chi connectivity index (χ4v) is 3.57. The summed E-state index contributed by atoms with van der Waals surface area (Å²) in [5, 5.41) is 11.0. The molecule has 2 nitrogen and oxygen atoms in total. The summed E-state index contributed by atoms with van der Waals surface area (Å²) in [6, 6.07) is 0. The van der Waals surface area contributed by atoms with Crippen LogP contribution in [0.25, 0.3) is 0 Å². The van der Waals surface area contributed by atoms with Gasteiger partial charge < -0.3 is 10.8 Å². The van der Waals surface area contributed by atoms with E-state index in [1.165, 1.54) is 19.3 Å². The molecule has 0 heterocycles. The second-order valence-corrected chi connectivity index (χ2v) is 5.58. The summed E-state index contributed by atoms with van der Waals surface area (Å²) in [5.74, 6) is 0. The van der Waals surface area contributed by atoms with Gasteiger partial charge in [0.25, 0.3) is 0 Å². The molecule has 2 heteroatoms. The van der Waals surface area contributed by atoms with Crippen molar-refractivity contribution in [1.29, 1.82) is 0 Å². The Kier molecular flexibility index (Phi) is 5.26. The van der Waals surface area contributed by atoms with Gasteiger partial charge in [-0.15, -0.1) is 0 Å². The Morgan fingerprint density at radius 2 is 1.56 bits per heavy atom. The molecule has 0 amide bonds. The molecule has 1 saturated carbocycles. The van der Waals surface area contributed by atoms with Crippen molar-refractivity contribution >= 4 is 0 Å². The van der Waals surface area contributed by atoms with Crippen LogP contribution in [0, 0.1) is 5.41 Å². The van der Waals surface area contributed by atoms with Crippen LogP contribution < -0.4 is 5.73 Å². The molecule has 0 radical (unpaired) electrons. The molecule has 0 aromatic rings. The van der Waals surface area contributed by atoms with Crippen molar-refractivity contribution in [3.8, 4) is 0 Å². The lowest BCUT2D eigenvalue weighted by Crippen LogP contribution is -2.53. The van der Waals surface area contributed by atoms with Crippen LogP contribution in [0.15, 0.2) is 0 Å². The quantitative estimate of drug-likeness (QED) is 0.732. The first-order valence-corrected chi connectivity index (χ1v) is 7.06. The third-order valence-electron chi connectivity index (χ3n) is 4.52. The minimum atomic E-state index is -0.508. The number of aliphatic hydroxyl groups is 1. The molecule has 1 aliphatic carbocycles. The molecule has 0 spiro atoms. The Morgan fingerprint density at radius 1 is 1.06 bits per heavy atom. The lowest BCUT2D eigenvalue weighted by molar-refractivity contribution is -0.111. The third kappa shape index (κ3) is 2.60. The molecule has 0 aromatic carbocycles. The van der Waals surface area contributed by atoms with Crippen molar-refractivity contribution in [2.24, 2.45) is 11.1 Å². The van der Waals surface area contributed by atoms with Gasteiger partial charge in [0.2, 0.25) is 0 Å². The van der Waals surface area contributed by atoms with E-state index in [0.29, 0.717) is 6.54 Å². The fourth-order valence-electron chi connectivity index (χ4n) is 3.57. The van der Waals surface area contributed by atoms with E-state index >= 15 is 0 Å². The standard InChI is InChI=1S/C14H29NO/c1-3-8-14(16,9-4-2)13(12-15)10-6-5-7-11-13/h16H,3-12,15H2,1-2H3. The van der Waals surface area contributed by atoms with Gasteiger partial charge in [-0.05, 0) is 25.7 Å². The van der Waals surface area contributed by atoms with E-state index in [0.717, 1.165) is 38.5 Å². The van der Waals surface area contributed by atoms with E-state index in [4.69, 9.17) is 5.73 Å². The summed E-state index contributed by atoms with van der Waals surface area (Å²) < 4.78 is 0. The van der Waals surface area contributed by atoms with Crippen LogP contribution in [0.3, 0.4) is 0 Å². The highest BCUT2D eigenvalue weighted by atomic mass is 16.3. The monoisotopic (exact) mass is 227 g/mol. The van der Waals surface area contributed by atoms with E-state index in [9.17, 15) is 5.11 Å². The normalized spacial score (nSPS) is 21.0. The van der Waals surface area contributed by atoms with E-state index < -0.39 is 5.60 Å². The lowest BCUT2D eigenvalue weighted by atomic mass is 9.60. The van der Waals surface area contributed by atoms with Gasteiger partial charge in [0.05, 0.1) is 5.60 Å². The van der Waals surface area contributed by atoms with E-state index in [2.05, 4.69) is 13.8 Å². The molecule has 0 aromatic heterocycles. The Balaban J connectivity index is 2.86. The molecule has 96 valence electrons. The number of hydrogen-bond donors (Lipinski definition) is 2. The van der Waals surface area contributed by atoms with E-state index in [-0.39, 0.29) is 5.41 Å². The highest BCUT2D eigenvalue weighted by Gasteiger charge is 2.48. The maximum atomic E-state index is 11.0. The largest absolute Gasteiger partial charge is 0.389 e. The van der Waals surface area contributed by atoms with Gasteiger partial charge in [-0.2, -0.15) is 0 Å². The fraction of sp³-hybridized carbons (Fsp3) is 1.00. The minimum absolute atomic E-state index is 0.0112. The summed E-state index contributed by atoms with van der Waals surface area (Å²) in [7, 11) is 0. The second-order valence-electron chi connectivity index (χ2n) is 5.58. The van der Waals surface area contributed by atoms with Crippen LogP contribution in [0.5, 0.6) is 0 Å². The van der Waals surface area contributed by atoms with Gasteiger partial charge in [0.15, 0.2) is 0 Å². The SMILES string of the molecule is CCCC(O)(CCC)C1(CN)CCCCC1. The molecule has 1 rings (SSSR count). The van der Waals surface area contributed by atoms with Crippen LogP contribution in [-0.2, 0) is 0 Å². The van der Waals surface area contributed by atoms with Crippen LogP contribution in [-0.4, -0.2) is 17.3 Å². The molecule has 0 unspecified atom stereocenters. The molecule has 0 aliphatic heterocycles. The molecule has 3 N–H and O–H groups in total. The summed E-state index contributed by atoms with van der Waals surface area (Å²) >= 11 is 0. The van der Waals surface area contributed by atoms with Gasteiger partial charge in [-0.25, -0.2) is 0 Å². The molecule has 0 atom stereocenters. The van der Waals surface area contributed by atoms with Gasteiger partial charge in [0.1, 0.15) is 0 Å². The summed E-state index contributed by atoms with van der Waals surface area (Å²) in [4.78, 5) is 0. The highest BCUT2D eigenvalue weighted by molar-refractivity contribution is 5.00. The van der Waals surface area contributed by atoms with Crippen molar-refractivity contribution in [1.82, 2.24) is 0 Å². The van der Waals surface area contributed by atoms with Gasteiger partial charge in [-0.3, -0.25) is 0 Å². The van der Waals surface area contributed by atoms with Crippen LogP contribution in [0.2, 0.25) is 0 Å². The molecular weight excluding hydrogens is 198 g/mol. The molecule has 16 heavy (non-hydrogen) atoms. The Bertz CT molecular complexity index is 191. The van der Waals surface area contributed by atoms with Crippen molar-refractivity contribution in [2.45, 2.75) is 77.2 Å². The molecular formula is C14H29NO. The van der Waals surface area contributed by atoms with Crippen molar-refractivity contribution in [3.63, 3.8) is 0 Å². The Hall–Kier alpha value is -0.0800. The highest BCUT2D eigenvalue weighted by Crippen LogP contribution is 2.48. The number of rotatable bonds is 6. The summed E-state index contributed by atoms with van der Waals surface area (Å²) in [5.41, 5.74) is 5.53. The first kappa shape index (κ1) is 14.0. The third-order valence-corrected chi connectivity index (χ3v) is 4.52. The summed E-state index contributed by atoms with van der Waals surface area (Å²) in [6.45, 7) is 4.98. The maximum Gasteiger partial charge on any atom is 0.0715 e. The predicted molar refractivity (Wildman–Crippen MR) is 69.3 cm³/mol. The topological polar surface area (TPSA) is 46.2 Å². The zero-order valence-electron chi connectivity index (χ0n) is 11.1. The maximum absolute atomic E-state index is 11.0.